The number of esters is 1. The molecule has 0 bridgehead atoms. The van der Waals surface area contributed by atoms with Gasteiger partial charge in [0.15, 0.2) is 0 Å². The fourth-order valence-electron chi connectivity index (χ4n) is 3.91. The van der Waals surface area contributed by atoms with Gasteiger partial charge in [-0.1, -0.05) is 44.0 Å². The normalized spacial score (nSPS) is 11.9. The molecule has 0 N–H and O–H groups in total. The van der Waals surface area contributed by atoms with Crippen molar-refractivity contribution in [1.82, 2.24) is 9.97 Å². The Balaban J connectivity index is 2.16. The third-order valence-corrected chi connectivity index (χ3v) is 6.39. The van der Waals surface area contributed by atoms with Crippen molar-refractivity contribution < 1.29 is 9.53 Å². The molecule has 0 saturated heterocycles. The summed E-state index contributed by atoms with van der Waals surface area (Å²) in [6, 6.07) is 8.07. The van der Waals surface area contributed by atoms with Crippen LogP contribution in [0.4, 0.5) is 0 Å². The fraction of sp³-hybridized carbons (Fsp3) is 0.0952. The summed E-state index contributed by atoms with van der Waals surface area (Å²) in [6.07, 6.45) is 3.49. The van der Waals surface area contributed by atoms with Crippen LogP contribution in [-0.2, 0) is 4.74 Å². The Morgan fingerprint density at radius 3 is 2.04 bits per heavy atom. The molecule has 0 unspecified atom stereocenters. The van der Waals surface area contributed by atoms with Gasteiger partial charge in [-0.25, -0.2) is 4.79 Å². The Morgan fingerprint density at radius 2 is 1.41 bits per heavy atom. The number of hydrogen-bond donors (Lipinski definition) is 0. The van der Waals surface area contributed by atoms with Gasteiger partial charge >= 0.3 is 5.97 Å². The summed E-state index contributed by atoms with van der Waals surface area (Å²) < 4.78 is 6.83. The molecule has 0 radical (unpaired) electrons. The lowest BCUT2D eigenvalue weighted by Crippen LogP contribution is -2.04. The average Bonchev–Trinajstić information content (AvgIpc) is 2.68. The van der Waals surface area contributed by atoms with E-state index >= 15 is 0 Å². The number of ether oxygens (including phenoxy) is 1. The molecule has 2 aromatic heterocycles. The van der Waals surface area contributed by atoms with Crippen LogP contribution in [0.15, 0.2) is 45.6 Å². The first-order valence-electron chi connectivity index (χ1n) is 8.31. The summed E-state index contributed by atoms with van der Waals surface area (Å²) in [5.74, 6) is -0.407. The van der Waals surface area contributed by atoms with E-state index in [0.717, 1.165) is 57.9 Å². The molecule has 4 nitrogen and oxygen atoms in total. The lowest BCUT2D eigenvalue weighted by Gasteiger charge is -2.16. The monoisotopic (exact) mass is 482 g/mol. The van der Waals surface area contributed by atoms with Gasteiger partial charge < -0.3 is 4.74 Å². The van der Waals surface area contributed by atoms with E-state index in [2.05, 4.69) is 49.8 Å². The fourth-order valence-corrected chi connectivity index (χ4v) is 5.10. The smallest absolute Gasteiger partial charge is 0.340 e. The highest BCUT2D eigenvalue weighted by atomic mass is 79.9. The van der Waals surface area contributed by atoms with Gasteiger partial charge in [0.05, 0.1) is 23.7 Å². The van der Waals surface area contributed by atoms with Gasteiger partial charge in [-0.15, -0.1) is 0 Å². The minimum Gasteiger partial charge on any atom is -0.465 e. The SMILES string of the molecule is COC(=O)c1cnc2c3ccc(Br)c4c(C)cnc(c5ccc(Br)c1c52)c43. The van der Waals surface area contributed by atoms with E-state index in [1.165, 1.54) is 7.11 Å². The molecule has 0 amide bonds. The Labute approximate surface area is 171 Å². The zero-order chi connectivity index (χ0) is 18.9. The summed E-state index contributed by atoms with van der Waals surface area (Å²) in [7, 11) is 1.38. The molecule has 5 aromatic rings. The van der Waals surface area contributed by atoms with Gasteiger partial charge in [-0.3, -0.25) is 9.97 Å². The molecular weight excluding hydrogens is 472 g/mol. The number of methoxy groups -OCH3 is 1. The number of aryl methyl sites for hydroxylation is 1. The molecule has 3 aromatic carbocycles. The number of rotatable bonds is 1. The number of halogens is 2. The van der Waals surface area contributed by atoms with Crippen molar-refractivity contribution >= 4 is 81.2 Å². The second kappa shape index (κ2) is 5.84. The molecule has 132 valence electrons. The van der Waals surface area contributed by atoms with Gasteiger partial charge in [-0.05, 0) is 24.6 Å². The van der Waals surface area contributed by atoms with Crippen molar-refractivity contribution in [2.24, 2.45) is 0 Å². The van der Waals surface area contributed by atoms with E-state index in [-0.39, 0.29) is 0 Å². The van der Waals surface area contributed by atoms with Crippen LogP contribution in [0, 0.1) is 6.92 Å². The zero-order valence-corrected chi connectivity index (χ0v) is 17.6. The van der Waals surface area contributed by atoms with Gasteiger partial charge in [-0.2, -0.15) is 0 Å². The van der Waals surface area contributed by atoms with Crippen LogP contribution >= 0.6 is 31.9 Å². The maximum Gasteiger partial charge on any atom is 0.340 e. The van der Waals surface area contributed by atoms with E-state index in [9.17, 15) is 4.79 Å². The first kappa shape index (κ1) is 16.8. The number of carbonyl (C=O) groups excluding carboxylic acids is 1. The van der Waals surface area contributed by atoms with Crippen molar-refractivity contribution in [3.05, 3.63) is 56.7 Å². The zero-order valence-electron chi connectivity index (χ0n) is 14.4. The van der Waals surface area contributed by atoms with E-state index in [4.69, 9.17) is 9.72 Å². The summed E-state index contributed by atoms with van der Waals surface area (Å²) in [6.45, 7) is 2.06. The second-order valence-electron chi connectivity index (χ2n) is 6.49. The number of nitrogens with zero attached hydrogens (tertiary/aromatic N) is 2. The second-order valence-corrected chi connectivity index (χ2v) is 8.20. The van der Waals surface area contributed by atoms with E-state index in [0.29, 0.717) is 5.56 Å². The Hall–Kier alpha value is -2.31. The molecule has 2 heterocycles. The first-order chi connectivity index (χ1) is 13.0. The lowest BCUT2D eigenvalue weighted by atomic mass is 9.92. The molecule has 0 spiro atoms. The summed E-state index contributed by atoms with van der Waals surface area (Å²) in [5, 5.41) is 5.92. The van der Waals surface area contributed by atoms with Crippen molar-refractivity contribution in [3.63, 3.8) is 0 Å². The number of carbonyl (C=O) groups is 1. The standard InChI is InChI=1S/C21H12Br2N2O2/c1-9-7-24-19-11-4-6-14(23)16-12(21(26)27-2)8-25-20(18(11)16)10-3-5-13(22)15(9)17(10)19/h3-8H,1-2H3. The van der Waals surface area contributed by atoms with Crippen molar-refractivity contribution in [3.8, 4) is 0 Å². The Bertz CT molecular complexity index is 1360. The Morgan fingerprint density at radius 1 is 0.852 bits per heavy atom. The average molecular weight is 484 g/mol. The van der Waals surface area contributed by atoms with E-state index < -0.39 is 5.97 Å². The molecule has 6 heteroatoms. The van der Waals surface area contributed by atoms with E-state index in [1.54, 1.807) is 6.20 Å². The predicted molar refractivity (Wildman–Crippen MR) is 115 cm³/mol. The minimum absolute atomic E-state index is 0.407. The van der Waals surface area contributed by atoms with Crippen LogP contribution in [0.3, 0.4) is 0 Å². The van der Waals surface area contributed by atoms with E-state index in [1.807, 2.05) is 24.4 Å². The number of fused-ring (bicyclic) bond motifs is 2. The number of pyridine rings is 2. The van der Waals surface area contributed by atoms with Crippen LogP contribution < -0.4 is 0 Å². The molecule has 0 aliphatic heterocycles. The van der Waals surface area contributed by atoms with Crippen LogP contribution in [0.5, 0.6) is 0 Å². The molecule has 0 fully saturated rings. The first-order valence-corrected chi connectivity index (χ1v) is 9.89. The molecule has 0 aliphatic rings. The van der Waals surface area contributed by atoms with Gasteiger partial charge in [0.25, 0.3) is 0 Å². The molecule has 0 atom stereocenters. The van der Waals surface area contributed by atoms with Gasteiger partial charge in [0, 0.05) is 53.7 Å². The number of aromatic nitrogens is 2. The summed E-state index contributed by atoms with van der Waals surface area (Å²) in [4.78, 5) is 21.7. The lowest BCUT2D eigenvalue weighted by molar-refractivity contribution is 0.0602. The van der Waals surface area contributed by atoms with Gasteiger partial charge in [0.2, 0.25) is 0 Å². The maximum absolute atomic E-state index is 12.3. The highest BCUT2D eigenvalue weighted by Gasteiger charge is 2.22. The van der Waals surface area contributed by atoms with Crippen LogP contribution in [0.2, 0.25) is 0 Å². The van der Waals surface area contributed by atoms with Crippen LogP contribution in [0.25, 0.3) is 43.4 Å². The predicted octanol–water partition coefficient (Wildman–Crippen LogP) is 6.15. The summed E-state index contributed by atoms with van der Waals surface area (Å²) in [5.41, 5.74) is 3.30. The highest BCUT2D eigenvalue weighted by Crippen LogP contribution is 2.43. The number of hydrogen-bond acceptors (Lipinski definition) is 4. The van der Waals surface area contributed by atoms with Crippen molar-refractivity contribution in [1.29, 1.82) is 0 Å². The molecular formula is C21H12Br2N2O2. The van der Waals surface area contributed by atoms with Crippen LogP contribution in [-0.4, -0.2) is 23.0 Å². The molecule has 27 heavy (non-hydrogen) atoms. The number of benzene rings is 3. The highest BCUT2D eigenvalue weighted by molar-refractivity contribution is 9.11. The Kier molecular flexibility index (Phi) is 3.64. The van der Waals surface area contributed by atoms with Crippen LogP contribution in [0.1, 0.15) is 15.9 Å². The maximum atomic E-state index is 12.3. The van der Waals surface area contributed by atoms with Crippen molar-refractivity contribution in [2.45, 2.75) is 6.92 Å². The topological polar surface area (TPSA) is 52.1 Å². The third kappa shape index (κ3) is 2.17. The largest absolute Gasteiger partial charge is 0.465 e. The molecule has 0 aliphatic carbocycles. The molecule has 0 saturated carbocycles. The van der Waals surface area contributed by atoms with Gasteiger partial charge in [0.1, 0.15) is 0 Å². The minimum atomic E-state index is -0.407. The quantitative estimate of drug-likeness (QED) is 0.163. The molecule has 5 rings (SSSR count). The third-order valence-electron chi connectivity index (χ3n) is 5.07. The van der Waals surface area contributed by atoms with Crippen molar-refractivity contribution in [2.75, 3.05) is 7.11 Å². The summed E-state index contributed by atoms with van der Waals surface area (Å²) >= 11 is 7.28.